The lowest BCUT2D eigenvalue weighted by atomic mass is 9.98. The first-order valence-corrected chi connectivity index (χ1v) is 6.69. The molecular weight excluding hydrogens is 202 g/mol. The number of benzene rings is 1. The largest absolute Gasteiger partial charge is 0.274 e. The SMILES string of the molecule is NSc1ccc(C2CC23CCCC3)cc1. The lowest BCUT2D eigenvalue weighted by molar-refractivity contribution is 0.512. The second-order valence-corrected chi connectivity index (χ2v) is 5.72. The first-order valence-electron chi connectivity index (χ1n) is 5.81. The summed E-state index contributed by atoms with van der Waals surface area (Å²) in [6, 6.07) is 8.85. The average molecular weight is 219 g/mol. The van der Waals surface area contributed by atoms with Crippen molar-refractivity contribution in [1.29, 1.82) is 0 Å². The lowest BCUT2D eigenvalue weighted by Gasteiger charge is -2.08. The molecule has 80 valence electrons. The summed E-state index contributed by atoms with van der Waals surface area (Å²) >= 11 is 1.33. The van der Waals surface area contributed by atoms with Crippen LogP contribution in [-0.2, 0) is 0 Å². The van der Waals surface area contributed by atoms with Crippen molar-refractivity contribution in [2.45, 2.75) is 42.9 Å². The van der Waals surface area contributed by atoms with E-state index in [-0.39, 0.29) is 0 Å². The van der Waals surface area contributed by atoms with Crippen LogP contribution in [0.15, 0.2) is 29.2 Å². The van der Waals surface area contributed by atoms with E-state index in [9.17, 15) is 0 Å². The minimum atomic E-state index is 0.720. The van der Waals surface area contributed by atoms with E-state index in [0.717, 1.165) is 11.3 Å². The van der Waals surface area contributed by atoms with Crippen molar-refractivity contribution in [3.63, 3.8) is 0 Å². The van der Waals surface area contributed by atoms with Crippen LogP contribution in [0, 0.1) is 5.41 Å². The van der Waals surface area contributed by atoms with Crippen LogP contribution in [0.5, 0.6) is 0 Å². The van der Waals surface area contributed by atoms with Crippen LogP contribution < -0.4 is 5.14 Å². The van der Waals surface area contributed by atoms with Crippen molar-refractivity contribution in [2.24, 2.45) is 10.6 Å². The van der Waals surface area contributed by atoms with Gasteiger partial charge in [-0.3, -0.25) is 5.14 Å². The van der Waals surface area contributed by atoms with Crippen LogP contribution in [0.25, 0.3) is 0 Å². The molecule has 0 amide bonds. The molecule has 3 rings (SSSR count). The first-order chi connectivity index (χ1) is 7.34. The van der Waals surface area contributed by atoms with Gasteiger partial charge in [0.05, 0.1) is 0 Å². The van der Waals surface area contributed by atoms with Crippen molar-refractivity contribution in [1.82, 2.24) is 0 Å². The molecule has 1 atom stereocenters. The van der Waals surface area contributed by atoms with Crippen molar-refractivity contribution in [2.75, 3.05) is 0 Å². The quantitative estimate of drug-likeness (QED) is 0.767. The number of nitrogens with two attached hydrogens (primary N) is 1. The van der Waals surface area contributed by atoms with Gasteiger partial charge >= 0.3 is 0 Å². The third-order valence-electron chi connectivity index (χ3n) is 4.21. The molecule has 1 aromatic carbocycles. The number of rotatable bonds is 2. The van der Waals surface area contributed by atoms with Crippen LogP contribution >= 0.6 is 11.9 Å². The molecule has 1 spiro atoms. The smallest absolute Gasteiger partial charge is 0.0226 e. The van der Waals surface area contributed by atoms with Crippen LogP contribution in [-0.4, -0.2) is 0 Å². The summed E-state index contributed by atoms with van der Waals surface area (Å²) in [7, 11) is 0. The van der Waals surface area contributed by atoms with E-state index < -0.39 is 0 Å². The van der Waals surface area contributed by atoms with E-state index in [4.69, 9.17) is 5.14 Å². The summed E-state index contributed by atoms with van der Waals surface area (Å²) in [5, 5.41) is 5.52. The molecule has 1 nitrogen and oxygen atoms in total. The van der Waals surface area contributed by atoms with Crippen LogP contribution in [0.4, 0.5) is 0 Å². The molecule has 1 unspecified atom stereocenters. The highest BCUT2D eigenvalue weighted by Crippen LogP contribution is 2.67. The topological polar surface area (TPSA) is 26.0 Å². The standard InChI is InChI=1S/C13H17NS/c14-15-11-5-3-10(4-6-11)12-9-13(12)7-1-2-8-13/h3-6,12H,1-2,7-9,14H2. The summed E-state index contributed by atoms with van der Waals surface area (Å²) in [5.41, 5.74) is 2.26. The Bertz CT molecular complexity index is 351. The molecule has 2 heteroatoms. The number of hydrogen-bond acceptors (Lipinski definition) is 2. The normalized spacial score (nSPS) is 27.1. The molecule has 0 heterocycles. The van der Waals surface area contributed by atoms with Gasteiger partial charge in [-0.1, -0.05) is 25.0 Å². The minimum absolute atomic E-state index is 0.720. The van der Waals surface area contributed by atoms with Crippen molar-refractivity contribution >= 4 is 11.9 Å². The van der Waals surface area contributed by atoms with Gasteiger partial charge in [-0.2, -0.15) is 0 Å². The van der Waals surface area contributed by atoms with Gasteiger partial charge < -0.3 is 0 Å². The maximum Gasteiger partial charge on any atom is 0.0226 e. The van der Waals surface area contributed by atoms with Crippen molar-refractivity contribution in [3.8, 4) is 0 Å². The molecule has 2 aliphatic carbocycles. The van der Waals surface area contributed by atoms with E-state index in [1.807, 2.05) is 0 Å². The molecule has 2 fully saturated rings. The molecular formula is C13H17NS. The van der Waals surface area contributed by atoms with Crippen LogP contribution in [0.2, 0.25) is 0 Å². The monoisotopic (exact) mass is 219 g/mol. The fraction of sp³-hybridized carbons (Fsp3) is 0.538. The summed E-state index contributed by atoms with van der Waals surface area (Å²) in [5.74, 6) is 0.858. The Morgan fingerprint density at radius 2 is 1.80 bits per heavy atom. The van der Waals surface area contributed by atoms with E-state index in [1.165, 1.54) is 54.5 Å². The Morgan fingerprint density at radius 3 is 2.40 bits per heavy atom. The summed E-state index contributed by atoms with van der Waals surface area (Å²) in [4.78, 5) is 1.17. The Hall–Kier alpha value is -0.470. The Balaban J connectivity index is 1.78. The Morgan fingerprint density at radius 1 is 1.13 bits per heavy atom. The predicted octanol–water partition coefficient (Wildman–Crippen LogP) is 3.70. The Kier molecular flexibility index (Phi) is 2.29. The van der Waals surface area contributed by atoms with Gasteiger partial charge in [-0.15, -0.1) is 0 Å². The predicted molar refractivity (Wildman–Crippen MR) is 64.7 cm³/mol. The van der Waals surface area contributed by atoms with Crippen LogP contribution in [0.3, 0.4) is 0 Å². The molecule has 1 aromatic rings. The van der Waals surface area contributed by atoms with E-state index in [1.54, 1.807) is 0 Å². The van der Waals surface area contributed by atoms with Crippen molar-refractivity contribution in [3.05, 3.63) is 29.8 Å². The van der Waals surface area contributed by atoms with E-state index in [2.05, 4.69) is 24.3 Å². The number of hydrogen-bond donors (Lipinski definition) is 1. The highest BCUT2D eigenvalue weighted by molar-refractivity contribution is 7.97. The molecule has 0 bridgehead atoms. The third-order valence-corrected chi connectivity index (χ3v) is 4.75. The summed E-state index contributed by atoms with van der Waals surface area (Å²) in [6.07, 6.45) is 7.26. The molecule has 15 heavy (non-hydrogen) atoms. The van der Waals surface area contributed by atoms with Gasteiger partial charge in [0, 0.05) is 4.90 Å². The molecule has 0 aliphatic heterocycles. The second-order valence-electron chi connectivity index (χ2n) is 5.01. The van der Waals surface area contributed by atoms with E-state index >= 15 is 0 Å². The summed E-state index contributed by atoms with van der Waals surface area (Å²) in [6.45, 7) is 0. The molecule has 0 saturated heterocycles. The zero-order chi connectivity index (χ0) is 10.3. The molecule has 2 aliphatic rings. The summed E-state index contributed by atoms with van der Waals surface area (Å²) < 4.78 is 0. The van der Waals surface area contributed by atoms with Gasteiger partial charge in [0.2, 0.25) is 0 Å². The lowest BCUT2D eigenvalue weighted by Crippen LogP contribution is -1.95. The zero-order valence-corrected chi connectivity index (χ0v) is 9.72. The first kappa shape index (κ1) is 9.73. The van der Waals surface area contributed by atoms with Gasteiger partial charge in [0.15, 0.2) is 0 Å². The van der Waals surface area contributed by atoms with Gasteiger partial charge in [-0.25, -0.2) is 0 Å². The van der Waals surface area contributed by atoms with Gasteiger partial charge in [0.25, 0.3) is 0 Å². The Labute approximate surface area is 95.6 Å². The van der Waals surface area contributed by atoms with Gasteiger partial charge in [-0.05, 0) is 60.2 Å². The second kappa shape index (κ2) is 3.53. The van der Waals surface area contributed by atoms with Crippen molar-refractivity contribution < 1.29 is 0 Å². The van der Waals surface area contributed by atoms with Gasteiger partial charge in [0.1, 0.15) is 0 Å². The maximum atomic E-state index is 5.52. The third kappa shape index (κ3) is 1.60. The minimum Gasteiger partial charge on any atom is -0.274 e. The average Bonchev–Trinajstić information content (AvgIpc) is 2.77. The maximum absolute atomic E-state index is 5.52. The molecule has 2 N–H and O–H groups in total. The highest BCUT2D eigenvalue weighted by Gasteiger charge is 2.55. The van der Waals surface area contributed by atoms with Crippen LogP contribution in [0.1, 0.15) is 43.6 Å². The molecule has 2 saturated carbocycles. The fourth-order valence-electron chi connectivity index (χ4n) is 3.23. The fourth-order valence-corrected chi connectivity index (χ4v) is 3.52. The zero-order valence-electron chi connectivity index (χ0n) is 8.91. The highest BCUT2D eigenvalue weighted by atomic mass is 32.2. The van der Waals surface area contributed by atoms with E-state index in [0.29, 0.717) is 0 Å². The molecule has 0 radical (unpaired) electrons. The molecule has 0 aromatic heterocycles.